The molecule has 1 atom stereocenters. The van der Waals surface area contributed by atoms with Crippen molar-refractivity contribution in [3.05, 3.63) is 47.2 Å². The molecule has 0 spiro atoms. The third-order valence-corrected chi connectivity index (χ3v) is 7.74. The second-order valence-electron chi connectivity index (χ2n) is 10.8. The molecule has 36 heavy (non-hydrogen) atoms. The molecular weight excluding hydrogens is 475 g/mol. The molecule has 3 aromatic rings. The number of carbonyl (C=O) groups is 2. The van der Waals surface area contributed by atoms with Crippen molar-refractivity contribution in [2.75, 3.05) is 13.1 Å². The molecule has 9 nitrogen and oxygen atoms in total. The summed E-state index contributed by atoms with van der Waals surface area (Å²) < 4.78 is 41.3. The van der Waals surface area contributed by atoms with E-state index < -0.39 is 24.5 Å². The Morgan fingerprint density at radius 1 is 1.28 bits per heavy atom. The van der Waals surface area contributed by atoms with Crippen LogP contribution in [0.4, 0.5) is 13.2 Å². The summed E-state index contributed by atoms with van der Waals surface area (Å²) in [4.78, 5) is 31.1. The molecule has 1 amide bonds. The second-order valence-corrected chi connectivity index (χ2v) is 10.8. The molecular formula is C24H26F3N7O2. The highest BCUT2D eigenvalue weighted by atomic mass is 19.4. The summed E-state index contributed by atoms with van der Waals surface area (Å²) in [6.45, 7) is 1.70. The minimum absolute atomic E-state index is 0.109. The van der Waals surface area contributed by atoms with Crippen LogP contribution in [0.2, 0.25) is 0 Å². The number of H-pyrrole nitrogens is 1. The Morgan fingerprint density at radius 2 is 2.06 bits per heavy atom. The molecule has 0 aromatic carbocycles. The predicted molar refractivity (Wildman–Crippen MR) is 121 cm³/mol. The van der Waals surface area contributed by atoms with Gasteiger partial charge in [0.05, 0.1) is 5.69 Å². The average Bonchev–Trinajstić information content (AvgIpc) is 3.41. The first kappa shape index (κ1) is 23.1. The number of nitrogens with zero attached hydrogens (tertiary/aromatic N) is 5. The number of ketones is 1. The number of nitrogens with one attached hydrogen (secondary N) is 2. The van der Waals surface area contributed by atoms with Crippen LogP contribution < -0.4 is 5.32 Å². The summed E-state index contributed by atoms with van der Waals surface area (Å²) in [5, 5.41) is 14.3. The van der Waals surface area contributed by atoms with Gasteiger partial charge in [0.1, 0.15) is 11.4 Å². The number of piperidine rings is 1. The van der Waals surface area contributed by atoms with E-state index in [2.05, 4.69) is 32.5 Å². The molecule has 3 aromatic heterocycles. The SMILES string of the molecule is CC12CC(NC(=O)c3cc(Cc4nc5cccnn5c4C(=O)[C@@H]4CCCN(C(F)(F)F)C4)[nH]n3)(C1)C2. The zero-order valence-electron chi connectivity index (χ0n) is 19.7. The van der Waals surface area contributed by atoms with Gasteiger partial charge < -0.3 is 5.32 Å². The fourth-order valence-electron chi connectivity index (χ4n) is 6.40. The van der Waals surface area contributed by atoms with Crippen LogP contribution in [-0.4, -0.2) is 66.3 Å². The lowest BCUT2D eigenvalue weighted by Crippen LogP contribution is -2.73. The largest absolute Gasteiger partial charge is 0.459 e. The van der Waals surface area contributed by atoms with E-state index >= 15 is 0 Å². The van der Waals surface area contributed by atoms with Crippen molar-refractivity contribution in [2.24, 2.45) is 11.3 Å². The van der Waals surface area contributed by atoms with E-state index in [-0.39, 0.29) is 42.2 Å². The number of halogens is 3. The van der Waals surface area contributed by atoms with Crippen molar-refractivity contribution in [1.82, 2.24) is 35.0 Å². The van der Waals surface area contributed by atoms with Gasteiger partial charge in [-0.2, -0.15) is 23.4 Å². The smallest absolute Gasteiger partial charge is 0.345 e. The molecule has 190 valence electrons. The number of alkyl halides is 3. The second kappa shape index (κ2) is 7.86. The molecule has 0 unspecified atom stereocenters. The van der Waals surface area contributed by atoms with Gasteiger partial charge in [-0.1, -0.05) is 6.92 Å². The molecule has 4 fully saturated rings. The number of hydrogen-bond acceptors (Lipinski definition) is 6. The number of aromatic nitrogens is 5. The molecule has 3 saturated carbocycles. The van der Waals surface area contributed by atoms with Gasteiger partial charge >= 0.3 is 6.30 Å². The lowest BCUT2D eigenvalue weighted by atomic mass is 9.40. The normalized spacial score (nSPS) is 27.9. The monoisotopic (exact) mass is 501 g/mol. The molecule has 7 rings (SSSR count). The van der Waals surface area contributed by atoms with Gasteiger partial charge in [0.25, 0.3) is 5.91 Å². The van der Waals surface area contributed by atoms with Gasteiger partial charge in [0, 0.05) is 42.9 Å². The molecule has 2 bridgehead atoms. The molecule has 0 radical (unpaired) electrons. The Balaban J connectivity index is 1.24. The summed E-state index contributed by atoms with van der Waals surface area (Å²) in [6.07, 6.45) is 0.755. The summed E-state index contributed by atoms with van der Waals surface area (Å²) >= 11 is 0. The van der Waals surface area contributed by atoms with E-state index in [1.165, 1.54) is 10.7 Å². The molecule has 4 heterocycles. The third-order valence-electron chi connectivity index (χ3n) is 7.74. The van der Waals surface area contributed by atoms with E-state index in [1.807, 2.05) is 0 Å². The summed E-state index contributed by atoms with van der Waals surface area (Å²) in [6, 6.07) is 4.99. The van der Waals surface area contributed by atoms with Gasteiger partial charge in [-0.3, -0.25) is 14.7 Å². The van der Waals surface area contributed by atoms with E-state index in [0.717, 1.165) is 19.3 Å². The van der Waals surface area contributed by atoms with Crippen LogP contribution in [0.3, 0.4) is 0 Å². The number of imidazole rings is 1. The van der Waals surface area contributed by atoms with E-state index in [1.54, 1.807) is 18.2 Å². The average molecular weight is 502 g/mol. The first-order valence-electron chi connectivity index (χ1n) is 12.1. The number of Topliss-reactive ketones (excluding diaryl/α,β-unsaturated/α-hetero) is 1. The van der Waals surface area contributed by atoms with Crippen LogP contribution in [0.25, 0.3) is 5.65 Å². The fraction of sp³-hybridized carbons (Fsp3) is 0.542. The lowest BCUT2D eigenvalue weighted by Gasteiger charge is -2.69. The van der Waals surface area contributed by atoms with Gasteiger partial charge in [-0.15, -0.1) is 0 Å². The first-order chi connectivity index (χ1) is 17.0. The summed E-state index contributed by atoms with van der Waals surface area (Å²) in [5.41, 5.74) is 2.05. The maximum atomic E-state index is 13.5. The highest BCUT2D eigenvalue weighted by Gasteiger charge is 2.65. The Labute approximate surface area is 204 Å². The van der Waals surface area contributed by atoms with E-state index in [4.69, 9.17) is 0 Å². The highest BCUT2D eigenvalue weighted by Crippen LogP contribution is 2.66. The number of rotatable bonds is 6. The van der Waals surface area contributed by atoms with E-state index in [0.29, 0.717) is 33.8 Å². The summed E-state index contributed by atoms with van der Waals surface area (Å²) in [7, 11) is 0. The quantitative estimate of drug-likeness (QED) is 0.397. The Morgan fingerprint density at radius 3 is 2.78 bits per heavy atom. The summed E-state index contributed by atoms with van der Waals surface area (Å²) in [5.74, 6) is -1.49. The number of likely N-dealkylation sites (tertiary alicyclic amines) is 1. The van der Waals surface area contributed by atoms with Crippen LogP contribution >= 0.6 is 0 Å². The first-order valence-corrected chi connectivity index (χ1v) is 12.1. The molecule has 12 heteroatoms. The number of fused-ring (bicyclic) bond motifs is 1. The molecule has 3 aliphatic carbocycles. The van der Waals surface area contributed by atoms with Crippen molar-refractivity contribution >= 4 is 17.3 Å². The lowest BCUT2D eigenvalue weighted by molar-refractivity contribution is -0.251. The number of amides is 1. The third kappa shape index (κ3) is 3.87. The van der Waals surface area contributed by atoms with Crippen LogP contribution in [-0.2, 0) is 6.42 Å². The molecule has 1 aliphatic heterocycles. The van der Waals surface area contributed by atoms with Crippen molar-refractivity contribution in [3.63, 3.8) is 0 Å². The number of carbonyl (C=O) groups excluding carboxylic acids is 2. The minimum Gasteiger partial charge on any atom is -0.345 e. The van der Waals surface area contributed by atoms with Gasteiger partial charge in [-0.25, -0.2) is 14.4 Å². The molecule has 2 N–H and O–H groups in total. The number of aromatic amines is 1. The van der Waals surface area contributed by atoms with Crippen LogP contribution in [0.5, 0.6) is 0 Å². The van der Waals surface area contributed by atoms with Crippen molar-refractivity contribution in [3.8, 4) is 0 Å². The highest BCUT2D eigenvalue weighted by molar-refractivity contribution is 5.98. The van der Waals surface area contributed by atoms with Gasteiger partial charge in [-0.05, 0) is 55.7 Å². The Kier molecular flexibility index (Phi) is 5.05. The Bertz CT molecular complexity index is 1340. The topological polar surface area (TPSA) is 108 Å². The van der Waals surface area contributed by atoms with Gasteiger partial charge in [0.15, 0.2) is 11.4 Å². The van der Waals surface area contributed by atoms with E-state index in [9.17, 15) is 22.8 Å². The zero-order valence-corrected chi connectivity index (χ0v) is 19.7. The van der Waals surface area contributed by atoms with Crippen molar-refractivity contribution < 1.29 is 22.8 Å². The van der Waals surface area contributed by atoms with Crippen molar-refractivity contribution in [1.29, 1.82) is 0 Å². The van der Waals surface area contributed by atoms with Gasteiger partial charge in [0.2, 0.25) is 0 Å². The molecule has 1 saturated heterocycles. The van der Waals surface area contributed by atoms with Crippen LogP contribution in [0.1, 0.15) is 71.4 Å². The molecule has 4 aliphatic rings. The fourth-order valence-corrected chi connectivity index (χ4v) is 6.40. The Hall–Kier alpha value is -3.28. The minimum atomic E-state index is -4.48. The number of hydrogen-bond donors (Lipinski definition) is 2. The predicted octanol–water partition coefficient (Wildman–Crippen LogP) is 3.13. The van der Waals surface area contributed by atoms with Crippen LogP contribution in [0.15, 0.2) is 24.4 Å². The van der Waals surface area contributed by atoms with Crippen molar-refractivity contribution in [2.45, 2.75) is 57.3 Å². The maximum Gasteiger partial charge on any atom is 0.459 e. The standard InChI is InChI=1S/C24H26F3N7O2/c1-22-11-23(12-22,13-22)30-21(36)17-9-15(31-32-17)8-16-19(34-18(29-16)5-2-6-28-34)20(35)14-4-3-7-33(10-14)24(25,26)27/h2,5-6,9,14H,3-4,7-8,10-13H2,1H3,(H,30,36)(H,31,32)/t14-,22?,23?/m1/s1. The van der Waals surface area contributed by atoms with Crippen LogP contribution in [0, 0.1) is 11.3 Å². The zero-order chi connectivity index (χ0) is 25.3. The maximum absolute atomic E-state index is 13.5.